The van der Waals surface area contributed by atoms with E-state index in [2.05, 4.69) is 10.2 Å². The normalized spacial score (nSPS) is 18.5. The van der Waals surface area contributed by atoms with E-state index < -0.39 is 0 Å². The van der Waals surface area contributed by atoms with Gasteiger partial charge in [-0.05, 0) is 31.5 Å². The van der Waals surface area contributed by atoms with Crippen molar-refractivity contribution in [1.29, 1.82) is 0 Å². The number of fused-ring (bicyclic) bond motifs is 1. The minimum Gasteiger partial charge on any atom is -0.314 e. The predicted molar refractivity (Wildman–Crippen MR) is 89.6 cm³/mol. The Balaban J connectivity index is 1.35. The monoisotopic (exact) mass is 315 g/mol. The van der Waals surface area contributed by atoms with E-state index in [1.54, 1.807) is 12.1 Å². The Kier molecular flexibility index (Phi) is 5.41. The molecule has 1 saturated heterocycles. The van der Waals surface area contributed by atoms with Crippen molar-refractivity contribution in [3.63, 3.8) is 0 Å². The molecule has 23 heavy (non-hydrogen) atoms. The van der Waals surface area contributed by atoms with Crippen LogP contribution in [0.2, 0.25) is 0 Å². The third-order valence-electron chi connectivity index (χ3n) is 4.69. The van der Waals surface area contributed by atoms with Gasteiger partial charge in [0.15, 0.2) is 0 Å². The van der Waals surface area contributed by atoms with Crippen molar-refractivity contribution < 1.29 is 9.59 Å². The molecule has 2 aliphatic rings. The van der Waals surface area contributed by atoms with Crippen molar-refractivity contribution >= 4 is 11.8 Å². The van der Waals surface area contributed by atoms with Crippen LogP contribution in [0.3, 0.4) is 0 Å². The zero-order valence-corrected chi connectivity index (χ0v) is 13.6. The third kappa shape index (κ3) is 3.79. The number of hydrogen-bond acceptors (Lipinski definition) is 4. The summed E-state index contributed by atoms with van der Waals surface area (Å²) in [5.41, 5.74) is 1.10. The molecule has 1 fully saturated rings. The lowest BCUT2D eigenvalue weighted by atomic mass is 10.1. The Labute approximate surface area is 137 Å². The average molecular weight is 315 g/mol. The van der Waals surface area contributed by atoms with Crippen molar-refractivity contribution in [3.05, 3.63) is 35.4 Å². The summed E-state index contributed by atoms with van der Waals surface area (Å²) >= 11 is 0. The van der Waals surface area contributed by atoms with Crippen molar-refractivity contribution in [3.8, 4) is 0 Å². The highest BCUT2D eigenvalue weighted by Gasteiger charge is 2.34. The summed E-state index contributed by atoms with van der Waals surface area (Å²) in [5, 5.41) is 3.36. The molecule has 2 amide bonds. The fourth-order valence-corrected chi connectivity index (χ4v) is 3.34. The Morgan fingerprint density at radius 3 is 2.00 bits per heavy atom. The second-order valence-electron chi connectivity index (χ2n) is 6.31. The number of benzene rings is 1. The lowest BCUT2D eigenvalue weighted by Gasteiger charge is -2.27. The topological polar surface area (TPSA) is 52.7 Å². The first-order chi connectivity index (χ1) is 11.3. The summed E-state index contributed by atoms with van der Waals surface area (Å²) in [6.45, 7) is 6.19. The maximum Gasteiger partial charge on any atom is 0.261 e. The summed E-state index contributed by atoms with van der Waals surface area (Å²) in [6.07, 6.45) is 4.32. The number of hydrogen-bond donors (Lipinski definition) is 1. The molecule has 0 radical (unpaired) electrons. The zero-order chi connectivity index (χ0) is 16.1. The molecule has 0 bridgehead atoms. The summed E-state index contributed by atoms with van der Waals surface area (Å²) in [5.74, 6) is -0.266. The van der Waals surface area contributed by atoms with E-state index in [0.717, 1.165) is 52.0 Å². The maximum absolute atomic E-state index is 12.2. The molecular formula is C18H25N3O2. The van der Waals surface area contributed by atoms with E-state index in [1.165, 1.54) is 11.3 Å². The van der Waals surface area contributed by atoms with Crippen LogP contribution >= 0.6 is 0 Å². The van der Waals surface area contributed by atoms with Gasteiger partial charge in [-0.2, -0.15) is 0 Å². The summed E-state index contributed by atoms with van der Waals surface area (Å²) < 4.78 is 0. The summed E-state index contributed by atoms with van der Waals surface area (Å²) in [7, 11) is 0. The highest BCUT2D eigenvalue weighted by molar-refractivity contribution is 6.21. The summed E-state index contributed by atoms with van der Waals surface area (Å²) in [4.78, 5) is 28.4. The van der Waals surface area contributed by atoms with Crippen LogP contribution in [0.15, 0.2) is 24.3 Å². The van der Waals surface area contributed by atoms with Crippen LogP contribution in [0.4, 0.5) is 0 Å². The Morgan fingerprint density at radius 2 is 1.39 bits per heavy atom. The molecule has 1 aromatic rings. The lowest BCUT2D eigenvalue weighted by molar-refractivity contribution is 0.0651. The Hall–Kier alpha value is -1.72. The minimum absolute atomic E-state index is 0.133. The number of unbranched alkanes of at least 4 members (excludes halogenated alkanes) is 3. The van der Waals surface area contributed by atoms with Gasteiger partial charge in [-0.25, -0.2) is 0 Å². The molecule has 1 N–H and O–H groups in total. The maximum atomic E-state index is 12.2. The number of imide groups is 1. The van der Waals surface area contributed by atoms with Crippen molar-refractivity contribution in [2.24, 2.45) is 0 Å². The number of rotatable bonds is 7. The third-order valence-corrected chi connectivity index (χ3v) is 4.69. The van der Waals surface area contributed by atoms with Crippen LogP contribution in [-0.4, -0.2) is 60.9 Å². The highest BCUT2D eigenvalue weighted by atomic mass is 16.2. The van der Waals surface area contributed by atoms with Crippen LogP contribution < -0.4 is 5.32 Å². The van der Waals surface area contributed by atoms with Crippen LogP contribution in [0.1, 0.15) is 46.4 Å². The fraction of sp³-hybridized carbons (Fsp3) is 0.556. The van der Waals surface area contributed by atoms with Crippen LogP contribution in [-0.2, 0) is 0 Å². The van der Waals surface area contributed by atoms with E-state index in [1.807, 2.05) is 12.1 Å². The molecular weight excluding hydrogens is 290 g/mol. The number of carbonyl (C=O) groups is 2. The van der Waals surface area contributed by atoms with Crippen LogP contribution in [0.5, 0.6) is 0 Å². The van der Waals surface area contributed by atoms with Crippen molar-refractivity contribution in [2.45, 2.75) is 25.7 Å². The molecule has 124 valence electrons. The van der Waals surface area contributed by atoms with E-state index in [9.17, 15) is 9.59 Å². The highest BCUT2D eigenvalue weighted by Crippen LogP contribution is 2.22. The molecule has 0 atom stereocenters. The van der Waals surface area contributed by atoms with Crippen molar-refractivity contribution in [2.75, 3.05) is 39.3 Å². The van der Waals surface area contributed by atoms with Gasteiger partial charge in [0, 0.05) is 32.7 Å². The lowest BCUT2D eigenvalue weighted by Crippen LogP contribution is -2.43. The zero-order valence-electron chi connectivity index (χ0n) is 13.6. The van der Waals surface area contributed by atoms with E-state index >= 15 is 0 Å². The molecule has 0 unspecified atom stereocenters. The van der Waals surface area contributed by atoms with Gasteiger partial charge in [0.05, 0.1) is 11.1 Å². The smallest absolute Gasteiger partial charge is 0.261 e. The van der Waals surface area contributed by atoms with Gasteiger partial charge >= 0.3 is 0 Å². The molecule has 3 rings (SSSR count). The number of nitrogens with one attached hydrogen (secondary N) is 1. The molecule has 0 saturated carbocycles. The van der Waals surface area contributed by atoms with Gasteiger partial charge in [-0.3, -0.25) is 14.5 Å². The first kappa shape index (κ1) is 16.1. The van der Waals surface area contributed by atoms with Crippen molar-refractivity contribution in [1.82, 2.24) is 15.1 Å². The van der Waals surface area contributed by atoms with Gasteiger partial charge in [0.2, 0.25) is 0 Å². The SMILES string of the molecule is O=C1c2ccccc2C(=O)N1CCCCCCN1CCNCC1. The average Bonchev–Trinajstić information content (AvgIpc) is 2.84. The molecule has 5 nitrogen and oxygen atoms in total. The number of carbonyl (C=O) groups excluding carboxylic acids is 2. The van der Waals surface area contributed by atoms with Gasteiger partial charge in [0.1, 0.15) is 0 Å². The van der Waals surface area contributed by atoms with Crippen LogP contribution in [0.25, 0.3) is 0 Å². The largest absolute Gasteiger partial charge is 0.314 e. The molecule has 2 heterocycles. The van der Waals surface area contributed by atoms with Gasteiger partial charge in [-0.15, -0.1) is 0 Å². The van der Waals surface area contributed by atoms with Crippen LogP contribution in [0, 0.1) is 0 Å². The summed E-state index contributed by atoms with van der Waals surface area (Å²) in [6, 6.07) is 7.10. The number of piperazine rings is 1. The molecule has 0 spiro atoms. The first-order valence-electron chi connectivity index (χ1n) is 8.65. The molecule has 5 heteroatoms. The van der Waals surface area contributed by atoms with Gasteiger partial charge in [-0.1, -0.05) is 25.0 Å². The second-order valence-corrected chi connectivity index (χ2v) is 6.31. The predicted octanol–water partition coefficient (Wildman–Crippen LogP) is 1.75. The quantitative estimate of drug-likeness (QED) is 0.615. The molecule has 0 aromatic heterocycles. The van der Waals surface area contributed by atoms with Gasteiger partial charge < -0.3 is 10.2 Å². The number of amides is 2. The standard InChI is InChI=1S/C18H25N3O2/c22-17-15-7-3-4-8-16(15)18(23)21(17)12-6-2-1-5-11-20-13-9-19-10-14-20/h3-4,7-8,19H,1-2,5-6,9-14H2. The van der Waals surface area contributed by atoms with E-state index in [0.29, 0.717) is 17.7 Å². The Morgan fingerprint density at radius 1 is 0.826 bits per heavy atom. The van der Waals surface area contributed by atoms with E-state index in [-0.39, 0.29) is 11.8 Å². The van der Waals surface area contributed by atoms with Gasteiger partial charge in [0.25, 0.3) is 11.8 Å². The Bertz CT molecular complexity index is 532. The fourth-order valence-electron chi connectivity index (χ4n) is 3.34. The molecule has 0 aliphatic carbocycles. The molecule has 2 aliphatic heterocycles. The minimum atomic E-state index is -0.133. The first-order valence-corrected chi connectivity index (χ1v) is 8.65. The van der Waals surface area contributed by atoms with E-state index in [4.69, 9.17) is 0 Å². The number of nitrogens with zero attached hydrogens (tertiary/aromatic N) is 2. The second kappa shape index (κ2) is 7.70. The molecule has 1 aromatic carbocycles.